The minimum Gasteiger partial charge on any atom is -0.481 e. The highest BCUT2D eigenvalue weighted by Gasteiger charge is 2.13. The maximum absolute atomic E-state index is 11.8. The number of carbonyl (C=O) groups excluding carboxylic acids is 2. The Hall–Kier alpha value is -2.37. The van der Waals surface area contributed by atoms with Crippen molar-refractivity contribution in [2.24, 2.45) is 5.92 Å². The van der Waals surface area contributed by atoms with Crippen LogP contribution in [0, 0.1) is 5.92 Å². The molecular weight excluding hydrogens is 248 g/mol. The number of carbonyl (C=O) groups is 3. The van der Waals surface area contributed by atoms with Crippen LogP contribution in [0.2, 0.25) is 0 Å². The van der Waals surface area contributed by atoms with Gasteiger partial charge in [-0.15, -0.1) is 0 Å². The summed E-state index contributed by atoms with van der Waals surface area (Å²) in [5.74, 6) is -2.22. The van der Waals surface area contributed by atoms with Crippen LogP contribution < -0.4 is 10.6 Å². The van der Waals surface area contributed by atoms with Crippen molar-refractivity contribution in [2.75, 3.05) is 11.9 Å². The Morgan fingerprint density at radius 2 is 2.00 bits per heavy atom. The molecule has 2 amide bonds. The summed E-state index contributed by atoms with van der Waals surface area (Å²) in [6.45, 7) is 2.94. The molecule has 0 aliphatic heterocycles. The second-order valence-electron chi connectivity index (χ2n) is 4.21. The molecule has 1 unspecified atom stereocenters. The SMILES string of the molecule is CC(=O)Nc1cccc(C(=O)NCC(C)C(=O)O)c1. The van der Waals surface area contributed by atoms with E-state index in [2.05, 4.69) is 10.6 Å². The van der Waals surface area contributed by atoms with Crippen LogP contribution in [0.15, 0.2) is 24.3 Å². The van der Waals surface area contributed by atoms with Gasteiger partial charge in [-0.05, 0) is 18.2 Å². The predicted octanol–water partition coefficient (Wildman–Crippen LogP) is 1.10. The molecule has 0 aromatic heterocycles. The van der Waals surface area contributed by atoms with Crippen molar-refractivity contribution in [1.29, 1.82) is 0 Å². The van der Waals surface area contributed by atoms with Crippen molar-refractivity contribution in [1.82, 2.24) is 5.32 Å². The van der Waals surface area contributed by atoms with Crippen LogP contribution in [0.4, 0.5) is 5.69 Å². The van der Waals surface area contributed by atoms with Crippen LogP contribution in [-0.2, 0) is 9.59 Å². The van der Waals surface area contributed by atoms with E-state index in [4.69, 9.17) is 5.11 Å². The second kappa shape index (κ2) is 6.53. The molecule has 6 heteroatoms. The molecule has 0 radical (unpaired) electrons. The first-order chi connectivity index (χ1) is 8.90. The molecule has 3 N–H and O–H groups in total. The number of aliphatic carboxylic acids is 1. The highest BCUT2D eigenvalue weighted by molar-refractivity contribution is 5.96. The molecule has 0 heterocycles. The average molecular weight is 264 g/mol. The molecule has 0 aliphatic carbocycles. The van der Waals surface area contributed by atoms with Crippen molar-refractivity contribution in [3.8, 4) is 0 Å². The number of rotatable bonds is 5. The molecule has 0 saturated heterocycles. The third-order valence-corrected chi connectivity index (χ3v) is 2.44. The van der Waals surface area contributed by atoms with Gasteiger partial charge in [0.15, 0.2) is 0 Å². The van der Waals surface area contributed by atoms with Crippen LogP contribution in [0.25, 0.3) is 0 Å². The molecule has 1 aromatic carbocycles. The maximum atomic E-state index is 11.8. The average Bonchev–Trinajstić information content (AvgIpc) is 2.34. The summed E-state index contributed by atoms with van der Waals surface area (Å²) >= 11 is 0. The first-order valence-corrected chi connectivity index (χ1v) is 5.79. The van der Waals surface area contributed by atoms with E-state index in [1.807, 2.05) is 0 Å². The van der Waals surface area contributed by atoms with Gasteiger partial charge in [-0.3, -0.25) is 14.4 Å². The Kier molecular flexibility index (Phi) is 5.05. The number of carboxylic acid groups (broad SMARTS) is 1. The largest absolute Gasteiger partial charge is 0.481 e. The topological polar surface area (TPSA) is 95.5 Å². The monoisotopic (exact) mass is 264 g/mol. The lowest BCUT2D eigenvalue weighted by molar-refractivity contribution is -0.140. The second-order valence-corrected chi connectivity index (χ2v) is 4.21. The van der Waals surface area contributed by atoms with Crippen molar-refractivity contribution >= 4 is 23.5 Å². The quantitative estimate of drug-likeness (QED) is 0.742. The van der Waals surface area contributed by atoms with Gasteiger partial charge in [0.05, 0.1) is 5.92 Å². The minimum atomic E-state index is -0.965. The van der Waals surface area contributed by atoms with Gasteiger partial charge in [0.2, 0.25) is 5.91 Å². The van der Waals surface area contributed by atoms with Crippen LogP contribution >= 0.6 is 0 Å². The van der Waals surface area contributed by atoms with E-state index in [0.717, 1.165) is 0 Å². The van der Waals surface area contributed by atoms with E-state index in [0.29, 0.717) is 11.3 Å². The number of amides is 2. The lowest BCUT2D eigenvalue weighted by atomic mass is 10.1. The summed E-state index contributed by atoms with van der Waals surface area (Å²) in [5.41, 5.74) is 0.885. The Balaban J connectivity index is 2.66. The zero-order valence-corrected chi connectivity index (χ0v) is 10.8. The zero-order chi connectivity index (χ0) is 14.4. The van der Waals surface area contributed by atoms with E-state index in [1.54, 1.807) is 18.2 Å². The molecule has 0 saturated carbocycles. The van der Waals surface area contributed by atoms with Gasteiger partial charge in [0.1, 0.15) is 0 Å². The van der Waals surface area contributed by atoms with Gasteiger partial charge in [-0.2, -0.15) is 0 Å². The predicted molar refractivity (Wildman–Crippen MR) is 69.9 cm³/mol. The fourth-order valence-electron chi connectivity index (χ4n) is 1.38. The molecule has 0 spiro atoms. The third-order valence-electron chi connectivity index (χ3n) is 2.44. The first-order valence-electron chi connectivity index (χ1n) is 5.79. The van der Waals surface area contributed by atoms with Crippen LogP contribution in [0.1, 0.15) is 24.2 Å². The highest BCUT2D eigenvalue weighted by Crippen LogP contribution is 2.10. The summed E-state index contributed by atoms with van der Waals surface area (Å²) in [5, 5.41) is 13.8. The Morgan fingerprint density at radius 3 is 2.58 bits per heavy atom. The molecular formula is C13H16N2O4. The Morgan fingerprint density at radius 1 is 1.32 bits per heavy atom. The van der Waals surface area contributed by atoms with Crippen molar-refractivity contribution in [3.63, 3.8) is 0 Å². The van der Waals surface area contributed by atoms with Crippen molar-refractivity contribution in [2.45, 2.75) is 13.8 Å². The molecule has 102 valence electrons. The molecule has 1 aromatic rings. The van der Waals surface area contributed by atoms with Gasteiger partial charge < -0.3 is 15.7 Å². The van der Waals surface area contributed by atoms with E-state index in [9.17, 15) is 14.4 Å². The fourth-order valence-corrected chi connectivity index (χ4v) is 1.38. The maximum Gasteiger partial charge on any atom is 0.308 e. The fraction of sp³-hybridized carbons (Fsp3) is 0.308. The summed E-state index contributed by atoms with van der Waals surface area (Å²) < 4.78 is 0. The zero-order valence-electron chi connectivity index (χ0n) is 10.8. The van der Waals surface area contributed by atoms with Gasteiger partial charge in [0, 0.05) is 24.7 Å². The first kappa shape index (κ1) is 14.7. The summed E-state index contributed by atoms with van der Waals surface area (Å²) in [7, 11) is 0. The third kappa shape index (κ3) is 4.79. The Bertz CT molecular complexity index is 499. The van der Waals surface area contributed by atoms with Crippen LogP contribution in [-0.4, -0.2) is 29.4 Å². The van der Waals surface area contributed by atoms with Crippen LogP contribution in [0.3, 0.4) is 0 Å². The summed E-state index contributed by atoms with van der Waals surface area (Å²) in [6, 6.07) is 6.42. The van der Waals surface area contributed by atoms with Crippen LogP contribution in [0.5, 0.6) is 0 Å². The van der Waals surface area contributed by atoms with Crippen molar-refractivity contribution in [3.05, 3.63) is 29.8 Å². The van der Waals surface area contributed by atoms with Gasteiger partial charge in [0.25, 0.3) is 5.91 Å². The lowest BCUT2D eigenvalue weighted by Crippen LogP contribution is -2.31. The van der Waals surface area contributed by atoms with E-state index in [-0.39, 0.29) is 18.4 Å². The van der Waals surface area contributed by atoms with E-state index < -0.39 is 11.9 Å². The number of nitrogens with one attached hydrogen (secondary N) is 2. The molecule has 0 aliphatic rings. The van der Waals surface area contributed by atoms with Gasteiger partial charge >= 0.3 is 5.97 Å². The molecule has 0 fully saturated rings. The lowest BCUT2D eigenvalue weighted by Gasteiger charge is -2.09. The summed E-state index contributed by atoms with van der Waals surface area (Å²) in [4.78, 5) is 33.3. The molecule has 1 rings (SSSR count). The number of hydrogen-bond acceptors (Lipinski definition) is 3. The number of hydrogen-bond donors (Lipinski definition) is 3. The van der Waals surface area contributed by atoms with Gasteiger partial charge in [-0.25, -0.2) is 0 Å². The van der Waals surface area contributed by atoms with Gasteiger partial charge in [-0.1, -0.05) is 13.0 Å². The molecule has 0 bridgehead atoms. The standard InChI is InChI=1S/C13H16N2O4/c1-8(13(18)19)7-14-12(17)10-4-3-5-11(6-10)15-9(2)16/h3-6,8H,7H2,1-2H3,(H,14,17)(H,15,16)(H,18,19). The molecule has 1 atom stereocenters. The number of benzene rings is 1. The number of carboxylic acids is 1. The smallest absolute Gasteiger partial charge is 0.308 e. The number of anilines is 1. The normalized spacial score (nSPS) is 11.5. The molecule has 19 heavy (non-hydrogen) atoms. The summed E-state index contributed by atoms with van der Waals surface area (Å²) in [6.07, 6.45) is 0. The van der Waals surface area contributed by atoms with E-state index >= 15 is 0 Å². The Labute approximate surface area is 110 Å². The highest BCUT2D eigenvalue weighted by atomic mass is 16.4. The van der Waals surface area contributed by atoms with E-state index in [1.165, 1.54) is 19.9 Å². The molecule has 6 nitrogen and oxygen atoms in total. The minimum absolute atomic E-state index is 0.0541. The van der Waals surface area contributed by atoms with Crippen molar-refractivity contribution < 1.29 is 19.5 Å².